The lowest BCUT2D eigenvalue weighted by atomic mass is 9.97. The summed E-state index contributed by atoms with van der Waals surface area (Å²) in [5.74, 6) is 0.982. The van der Waals surface area contributed by atoms with E-state index in [0.717, 1.165) is 75.4 Å². The molecule has 1 saturated heterocycles. The molecule has 23 heavy (non-hydrogen) atoms. The second kappa shape index (κ2) is 6.61. The van der Waals surface area contributed by atoms with Gasteiger partial charge in [0, 0.05) is 38.3 Å². The summed E-state index contributed by atoms with van der Waals surface area (Å²) in [6.45, 7) is 7.91. The van der Waals surface area contributed by atoms with Crippen molar-refractivity contribution in [1.29, 1.82) is 0 Å². The van der Waals surface area contributed by atoms with Crippen LogP contribution in [0.5, 0.6) is 0 Å². The lowest BCUT2D eigenvalue weighted by Crippen LogP contribution is -2.49. The maximum atomic E-state index is 12.4. The van der Waals surface area contributed by atoms with Crippen molar-refractivity contribution in [2.24, 2.45) is 0 Å². The quantitative estimate of drug-likeness (QED) is 0.913. The van der Waals surface area contributed by atoms with Crippen LogP contribution in [-0.2, 0) is 11.3 Å². The molecule has 1 saturated carbocycles. The van der Waals surface area contributed by atoms with Gasteiger partial charge >= 0.3 is 0 Å². The van der Waals surface area contributed by atoms with Gasteiger partial charge in [0.25, 0.3) is 0 Å². The average molecular weight is 321 g/mol. The molecule has 0 bridgehead atoms. The van der Waals surface area contributed by atoms with E-state index in [4.69, 9.17) is 4.52 Å². The average Bonchev–Trinajstić information content (AvgIpc) is 3.08. The molecule has 1 aromatic heterocycles. The number of carbonyl (C=O) groups excluding carboxylic acids is 1. The third-order valence-corrected chi connectivity index (χ3v) is 5.30. The maximum Gasteiger partial charge on any atom is 0.225 e. The highest BCUT2D eigenvalue weighted by atomic mass is 16.5. The number of rotatable bonds is 4. The van der Waals surface area contributed by atoms with Gasteiger partial charge < -0.3 is 14.5 Å². The Morgan fingerprint density at radius 1 is 1.22 bits per heavy atom. The van der Waals surface area contributed by atoms with Crippen molar-refractivity contribution < 1.29 is 14.4 Å². The fourth-order valence-corrected chi connectivity index (χ4v) is 3.71. The Hall–Kier alpha value is -1.40. The summed E-state index contributed by atoms with van der Waals surface area (Å²) >= 11 is 0. The van der Waals surface area contributed by atoms with E-state index in [0.29, 0.717) is 0 Å². The van der Waals surface area contributed by atoms with E-state index in [1.165, 1.54) is 0 Å². The molecule has 2 fully saturated rings. The van der Waals surface area contributed by atoms with E-state index >= 15 is 0 Å². The third kappa shape index (κ3) is 3.75. The molecule has 3 rings (SSSR count). The van der Waals surface area contributed by atoms with Crippen LogP contribution in [0.3, 0.4) is 0 Å². The monoisotopic (exact) mass is 321 g/mol. The van der Waals surface area contributed by atoms with E-state index in [1.807, 2.05) is 18.7 Å². The number of aliphatic hydroxyl groups is 1. The molecule has 1 amide bonds. The molecule has 1 N–H and O–H groups in total. The molecule has 0 spiro atoms. The van der Waals surface area contributed by atoms with Gasteiger partial charge in [-0.3, -0.25) is 9.69 Å². The number of aryl methyl sites for hydroxylation is 2. The second-order valence-corrected chi connectivity index (χ2v) is 7.07. The first kappa shape index (κ1) is 16.5. The first-order chi connectivity index (χ1) is 11.0. The highest BCUT2D eigenvalue weighted by Crippen LogP contribution is 2.32. The summed E-state index contributed by atoms with van der Waals surface area (Å²) in [5.41, 5.74) is 1.36. The van der Waals surface area contributed by atoms with Crippen molar-refractivity contribution >= 4 is 5.91 Å². The van der Waals surface area contributed by atoms with Crippen LogP contribution in [0.1, 0.15) is 49.1 Å². The lowest BCUT2D eigenvalue weighted by molar-refractivity contribution is -0.138. The zero-order valence-electron chi connectivity index (χ0n) is 14.2. The fourth-order valence-electron chi connectivity index (χ4n) is 3.71. The van der Waals surface area contributed by atoms with Crippen LogP contribution in [0.25, 0.3) is 0 Å². The Labute approximate surface area is 137 Å². The van der Waals surface area contributed by atoms with Gasteiger partial charge in [-0.25, -0.2) is 0 Å². The summed E-state index contributed by atoms with van der Waals surface area (Å²) in [7, 11) is 0. The Balaban J connectivity index is 1.49. The summed E-state index contributed by atoms with van der Waals surface area (Å²) in [6.07, 6.45) is 3.90. The predicted octanol–water partition coefficient (Wildman–Crippen LogP) is 1.63. The van der Waals surface area contributed by atoms with Crippen LogP contribution in [0.15, 0.2) is 4.52 Å². The second-order valence-electron chi connectivity index (χ2n) is 7.07. The zero-order valence-corrected chi connectivity index (χ0v) is 14.2. The minimum Gasteiger partial charge on any atom is -0.389 e. The molecule has 0 radical (unpaired) electrons. The van der Waals surface area contributed by atoms with Crippen molar-refractivity contribution in [3.63, 3.8) is 0 Å². The van der Waals surface area contributed by atoms with E-state index in [-0.39, 0.29) is 12.3 Å². The number of hydrogen-bond acceptors (Lipinski definition) is 5. The summed E-state index contributed by atoms with van der Waals surface area (Å²) in [5, 5.41) is 14.4. The lowest BCUT2D eigenvalue weighted by Gasteiger charge is -2.36. The van der Waals surface area contributed by atoms with E-state index < -0.39 is 5.60 Å². The minimum absolute atomic E-state index is 0.103. The smallest absolute Gasteiger partial charge is 0.225 e. The number of carbonyl (C=O) groups is 1. The van der Waals surface area contributed by atoms with Crippen LogP contribution >= 0.6 is 0 Å². The van der Waals surface area contributed by atoms with Gasteiger partial charge in [0.15, 0.2) is 0 Å². The van der Waals surface area contributed by atoms with Gasteiger partial charge in [-0.2, -0.15) is 0 Å². The normalized spacial score (nSPS) is 21.8. The van der Waals surface area contributed by atoms with Gasteiger partial charge in [0.05, 0.1) is 17.7 Å². The van der Waals surface area contributed by atoms with Crippen LogP contribution < -0.4 is 0 Å². The number of hydrogen-bond donors (Lipinski definition) is 1. The van der Waals surface area contributed by atoms with E-state index in [2.05, 4.69) is 10.1 Å². The zero-order chi connectivity index (χ0) is 16.4. The molecule has 1 aliphatic heterocycles. The Bertz CT molecular complexity index is 536. The van der Waals surface area contributed by atoms with Gasteiger partial charge in [0.2, 0.25) is 5.91 Å². The first-order valence-electron chi connectivity index (χ1n) is 8.61. The SMILES string of the molecule is Cc1noc(C)c1CN1CCN(C(=O)CC2(O)CCCC2)CC1. The molecule has 1 aliphatic carbocycles. The molecule has 0 atom stereocenters. The number of nitrogens with zero attached hydrogens (tertiary/aromatic N) is 3. The van der Waals surface area contributed by atoms with Crippen molar-refractivity contribution in [1.82, 2.24) is 15.0 Å². The van der Waals surface area contributed by atoms with Crippen LogP contribution in [-0.4, -0.2) is 57.8 Å². The van der Waals surface area contributed by atoms with Gasteiger partial charge in [0.1, 0.15) is 5.76 Å². The third-order valence-electron chi connectivity index (χ3n) is 5.30. The van der Waals surface area contributed by atoms with Gasteiger partial charge in [-0.15, -0.1) is 0 Å². The molecule has 1 aromatic rings. The highest BCUT2D eigenvalue weighted by Gasteiger charge is 2.35. The first-order valence-corrected chi connectivity index (χ1v) is 8.61. The number of amides is 1. The molecule has 6 heteroatoms. The molecular weight excluding hydrogens is 294 g/mol. The predicted molar refractivity (Wildman–Crippen MR) is 85.9 cm³/mol. The van der Waals surface area contributed by atoms with Crippen molar-refractivity contribution in [3.8, 4) is 0 Å². The highest BCUT2D eigenvalue weighted by molar-refractivity contribution is 5.77. The molecule has 2 heterocycles. The number of piperazine rings is 1. The molecule has 0 aromatic carbocycles. The Kier molecular flexibility index (Phi) is 4.73. The summed E-state index contributed by atoms with van der Waals surface area (Å²) in [4.78, 5) is 16.7. The largest absolute Gasteiger partial charge is 0.389 e. The van der Waals surface area contributed by atoms with Crippen LogP contribution in [0.2, 0.25) is 0 Å². The van der Waals surface area contributed by atoms with Crippen LogP contribution in [0, 0.1) is 13.8 Å². The van der Waals surface area contributed by atoms with Crippen molar-refractivity contribution in [3.05, 3.63) is 17.0 Å². The molecule has 128 valence electrons. The topological polar surface area (TPSA) is 69.8 Å². The van der Waals surface area contributed by atoms with Crippen LogP contribution in [0.4, 0.5) is 0 Å². The molecule has 6 nitrogen and oxygen atoms in total. The Morgan fingerprint density at radius 3 is 2.43 bits per heavy atom. The van der Waals surface area contributed by atoms with Gasteiger partial charge in [-0.1, -0.05) is 18.0 Å². The van der Waals surface area contributed by atoms with Crippen molar-refractivity contribution in [2.45, 2.75) is 58.1 Å². The maximum absolute atomic E-state index is 12.4. The molecule has 2 aliphatic rings. The van der Waals surface area contributed by atoms with E-state index in [1.54, 1.807) is 0 Å². The molecule has 0 unspecified atom stereocenters. The van der Waals surface area contributed by atoms with E-state index in [9.17, 15) is 9.90 Å². The number of aromatic nitrogens is 1. The van der Waals surface area contributed by atoms with Crippen molar-refractivity contribution in [2.75, 3.05) is 26.2 Å². The minimum atomic E-state index is -0.745. The summed E-state index contributed by atoms with van der Waals surface area (Å²) in [6, 6.07) is 0. The van der Waals surface area contributed by atoms with Gasteiger partial charge in [-0.05, 0) is 26.7 Å². The fraction of sp³-hybridized carbons (Fsp3) is 0.765. The molecular formula is C17H27N3O3. The Morgan fingerprint density at radius 2 is 1.87 bits per heavy atom. The summed E-state index contributed by atoms with van der Waals surface area (Å²) < 4.78 is 5.21. The standard InChI is InChI=1S/C17H27N3O3/c1-13-15(14(2)23-18-13)12-19-7-9-20(10-8-19)16(21)11-17(22)5-3-4-6-17/h22H,3-12H2,1-2H3.